The first-order valence-corrected chi connectivity index (χ1v) is 10.4. The van der Waals surface area contributed by atoms with E-state index in [9.17, 15) is 36.7 Å². The standard InChI is InChI=1S/C23H20F4N2O6/c1-12-19(24)21(26)22(27)23(20(12)25)35-18(33)11-34-10-15(30)28-14-5-2-13(3-6-14)4-7-16(31)29-9-8-17(29)32/h2-3,5-6H,4,7-11H2,1H3,(H,28,30). The van der Waals surface area contributed by atoms with Crippen molar-refractivity contribution in [1.29, 1.82) is 0 Å². The molecule has 0 unspecified atom stereocenters. The number of ether oxygens (including phenoxy) is 2. The van der Waals surface area contributed by atoms with Gasteiger partial charge in [-0.3, -0.25) is 19.3 Å². The van der Waals surface area contributed by atoms with Crippen molar-refractivity contribution in [3.63, 3.8) is 0 Å². The highest BCUT2D eigenvalue weighted by Gasteiger charge is 2.29. The van der Waals surface area contributed by atoms with Crippen LogP contribution in [0.3, 0.4) is 0 Å². The van der Waals surface area contributed by atoms with Gasteiger partial charge in [0.05, 0.1) is 0 Å². The maximum absolute atomic E-state index is 13.9. The second kappa shape index (κ2) is 11.1. The number of benzene rings is 2. The summed E-state index contributed by atoms with van der Waals surface area (Å²) in [5, 5.41) is 2.49. The molecule has 186 valence electrons. The number of nitrogens with zero attached hydrogens (tertiary/aromatic N) is 1. The Bertz CT molecular complexity index is 1140. The quantitative estimate of drug-likeness (QED) is 0.143. The molecular weight excluding hydrogens is 476 g/mol. The van der Waals surface area contributed by atoms with Crippen molar-refractivity contribution in [3.8, 4) is 5.75 Å². The van der Waals surface area contributed by atoms with Crippen LogP contribution >= 0.6 is 0 Å². The van der Waals surface area contributed by atoms with Crippen LogP contribution in [0.4, 0.5) is 23.2 Å². The Hall–Kier alpha value is -3.80. The second-order valence-electron chi connectivity index (χ2n) is 7.61. The summed E-state index contributed by atoms with van der Waals surface area (Å²) >= 11 is 0. The zero-order chi connectivity index (χ0) is 25.7. The van der Waals surface area contributed by atoms with Gasteiger partial charge in [-0.15, -0.1) is 0 Å². The van der Waals surface area contributed by atoms with Crippen molar-refractivity contribution >= 4 is 29.4 Å². The lowest BCUT2D eigenvalue weighted by Crippen LogP contribution is -2.47. The number of imide groups is 1. The SMILES string of the molecule is Cc1c(F)c(F)c(F)c(OC(=O)COCC(=O)Nc2ccc(CCC(=O)N3CCC3=O)cc2)c1F. The number of halogens is 4. The van der Waals surface area contributed by atoms with E-state index >= 15 is 0 Å². The molecule has 0 spiro atoms. The van der Waals surface area contributed by atoms with Crippen LogP contribution < -0.4 is 10.1 Å². The summed E-state index contributed by atoms with van der Waals surface area (Å²) in [6.45, 7) is -0.221. The minimum atomic E-state index is -2.00. The summed E-state index contributed by atoms with van der Waals surface area (Å²) in [5.41, 5.74) is 0.349. The van der Waals surface area contributed by atoms with Crippen molar-refractivity contribution in [2.45, 2.75) is 26.2 Å². The van der Waals surface area contributed by atoms with Gasteiger partial charge < -0.3 is 14.8 Å². The lowest BCUT2D eigenvalue weighted by molar-refractivity contribution is -0.152. The molecule has 2 aromatic rings. The smallest absolute Gasteiger partial charge is 0.337 e. The minimum absolute atomic E-state index is 0.178. The van der Waals surface area contributed by atoms with Gasteiger partial charge in [-0.05, 0) is 31.0 Å². The van der Waals surface area contributed by atoms with Crippen LogP contribution in [-0.2, 0) is 30.3 Å². The van der Waals surface area contributed by atoms with E-state index in [1.807, 2.05) is 0 Å². The van der Waals surface area contributed by atoms with E-state index < -0.39 is 59.7 Å². The lowest BCUT2D eigenvalue weighted by atomic mass is 10.1. The van der Waals surface area contributed by atoms with Gasteiger partial charge in [0.25, 0.3) is 0 Å². The molecule has 1 aliphatic heterocycles. The third-order valence-electron chi connectivity index (χ3n) is 5.13. The summed E-state index contributed by atoms with van der Waals surface area (Å²) in [6, 6.07) is 6.54. The Balaban J connectivity index is 1.41. The zero-order valence-corrected chi connectivity index (χ0v) is 18.5. The Morgan fingerprint density at radius 1 is 0.971 bits per heavy atom. The number of hydrogen-bond donors (Lipinski definition) is 1. The molecular formula is C23H20F4N2O6. The fourth-order valence-corrected chi connectivity index (χ4v) is 3.10. The topological polar surface area (TPSA) is 102 Å². The predicted octanol–water partition coefficient (Wildman–Crippen LogP) is 2.80. The van der Waals surface area contributed by atoms with Gasteiger partial charge in [0, 0.05) is 30.6 Å². The van der Waals surface area contributed by atoms with Gasteiger partial charge in [0.1, 0.15) is 13.2 Å². The maximum atomic E-state index is 13.9. The van der Waals surface area contributed by atoms with Crippen LogP contribution in [0.2, 0.25) is 0 Å². The molecule has 1 aliphatic rings. The van der Waals surface area contributed by atoms with E-state index in [1.54, 1.807) is 24.3 Å². The van der Waals surface area contributed by atoms with Crippen LogP contribution in [0.25, 0.3) is 0 Å². The Labute approximate surface area is 196 Å². The fraction of sp³-hybridized carbons (Fsp3) is 0.304. The fourth-order valence-electron chi connectivity index (χ4n) is 3.10. The van der Waals surface area contributed by atoms with E-state index in [4.69, 9.17) is 4.74 Å². The molecule has 1 heterocycles. The van der Waals surface area contributed by atoms with Crippen LogP contribution in [-0.4, -0.2) is 48.3 Å². The highest BCUT2D eigenvalue weighted by molar-refractivity contribution is 5.99. The number of amides is 3. The minimum Gasteiger partial charge on any atom is -0.418 e. The first-order chi connectivity index (χ1) is 16.6. The van der Waals surface area contributed by atoms with Gasteiger partial charge in [-0.25, -0.2) is 18.0 Å². The molecule has 0 atom stereocenters. The Morgan fingerprint density at radius 3 is 2.26 bits per heavy atom. The third-order valence-corrected chi connectivity index (χ3v) is 5.13. The highest BCUT2D eigenvalue weighted by Crippen LogP contribution is 2.29. The Kier molecular flexibility index (Phi) is 8.18. The normalized spacial score (nSPS) is 12.8. The molecule has 3 amide bonds. The molecule has 1 fully saturated rings. The van der Waals surface area contributed by atoms with Crippen LogP contribution in [0.1, 0.15) is 24.0 Å². The average Bonchev–Trinajstić information content (AvgIpc) is 2.82. The van der Waals surface area contributed by atoms with Crippen molar-refractivity contribution < 1.29 is 46.2 Å². The molecule has 12 heteroatoms. The average molecular weight is 496 g/mol. The number of anilines is 1. The van der Waals surface area contributed by atoms with Gasteiger partial charge in [0.2, 0.25) is 29.3 Å². The molecule has 1 saturated heterocycles. The number of hydrogen-bond acceptors (Lipinski definition) is 6. The Morgan fingerprint density at radius 2 is 1.66 bits per heavy atom. The van der Waals surface area contributed by atoms with E-state index in [0.717, 1.165) is 12.5 Å². The van der Waals surface area contributed by atoms with Crippen LogP contribution in [0, 0.1) is 30.2 Å². The molecule has 8 nitrogen and oxygen atoms in total. The first-order valence-electron chi connectivity index (χ1n) is 10.4. The van der Waals surface area contributed by atoms with Crippen molar-refractivity contribution in [1.82, 2.24) is 4.90 Å². The molecule has 3 rings (SSSR count). The molecule has 35 heavy (non-hydrogen) atoms. The van der Waals surface area contributed by atoms with Gasteiger partial charge in [-0.1, -0.05) is 12.1 Å². The summed E-state index contributed by atoms with van der Waals surface area (Å²) in [4.78, 5) is 48.0. The number of likely N-dealkylation sites (tertiary alicyclic amines) is 1. The summed E-state index contributed by atoms with van der Waals surface area (Å²) < 4.78 is 63.5. The molecule has 0 aromatic heterocycles. The largest absolute Gasteiger partial charge is 0.418 e. The second-order valence-corrected chi connectivity index (χ2v) is 7.61. The molecule has 1 N–H and O–H groups in total. The number of carbonyl (C=O) groups excluding carboxylic acids is 4. The third kappa shape index (κ3) is 6.21. The molecule has 2 aromatic carbocycles. The van der Waals surface area contributed by atoms with Gasteiger partial charge in [-0.2, -0.15) is 4.39 Å². The predicted molar refractivity (Wildman–Crippen MR) is 112 cm³/mol. The monoisotopic (exact) mass is 496 g/mol. The number of rotatable bonds is 9. The van der Waals surface area contributed by atoms with E-state index in [0.29, 0.717) is 25.1 Å². The van der Waals surface area contributed by atoms with E-state index in [2.05, 4.69) is 10.1 Å². The number of carbonyl (C=O) groups is 4. The highest BCUT2D eigenvalue weighted by atomic mass is 19.2. The van der Waals surface area contributed by atoms with Crippen LogP contribution in [0.5, 0.6) is 5.75 Å². The summed E-state index contributed by atoms with van der Waals surface area (Å²) in [5.74, 6) is -11.1. The summed E-state index contributed by atoms with van der Waals surface area (Å²) in [6.07, 6.45) is 0.982. The summed E-state index contributed by atoms with van der Waals surface area (Å²) in [7, 11) is 0. The van der Waals surface area contributed by atoms with Gasteiger partial charge >= 0.3 is 5.97 Å². The molecule has 0 bridgehead atoms. The van der Waals surface area contributed by atoms with Crippen molar-refractivity contribution in [3.05, 3.63) is 58.7 Å². The molecule has 0 radical (unpaired) electrons. The van der Waals surface area contributed by atoms with E-state index in [-0.39, 0.29) is 18.2 Å². The first kappa shape index (κ1) is 25.8. The van der Waals surface area contributed by atoms with Crippen LogP contribution in [0.15, 0.2) is 24.3 Å². The van der Waals surface area contributed by atoms with E-state index in [1.165, 1.54) is 4.90 Å². The lowest BCUT2D eigenvalue weighted by Gasteiger charge is -2.28. The van der Waals surface area contributed by atoms with Crippen molar-refractivity contribution in [2.24, 2.45) is 0 Å². The zero-order valence-electron chi connectivity index (χ0n) is 18.5. The van der Waals surface area contributed by atoms with Crippen molar-refractivity contribution in [2.75, 3.05) is 25.1 Å². The maximum Gasteiger partial charge on any atom is 0.337 e. The number of esters is 1. The number of β-lactam (4-membered cyclic amide) rings is 1. The molecule has 0 aliphatic carbocycles. The molecule has 0 saturated carbocycles. The van der Waals surface area contributed by atoms with Gasteiger partial charge in [0.15, 0.2) is 17.5 Å². The number of aryl methyl sites for hydroxylation is 1. The number of nitrogens with one attached hydrogen (secondary N) is 1.